The number of piperidine rings is 1. The molecule has 0 bridgehead atoms. The van der Waals surface area contributed by atoms with Gasteiger partial charge in [-0.3, -0.25) is 9.59 Å². The van der Waals surface area contributed by atoms with E-state index in [1.165, 1.54) is 18.4 Å². The number of benzene rings is 2. The summed E-state index contributed by atoms with van der Waals surface area (Å²) in [6, 6.07) is 12.9. The van der Waals surface area contributed by atoms with Gasteiger partial charge in [0.05, 0.1) is 0 Å². The van der Waals surface area contributed by atoms with Crippen molar-refractivity contribution in [1.82, 2.24) is 9.88 Å². The zero-order valence-corrected chi connectivity index (χ0v) is 18.3. The van der Waals surface area contributed by atoms with E-state index in [2.05, 4.69) is 21.4 Å². The van der Waals surface area contributed by atoms with Crippen LogP contribution in [0.25, 0.3) is 10.9 Å². The molecule has 1 aliphatic heterocycles. The lowest BCUT2D eigenvalue weighted by Crippen LogP contribution is -2.40. The van der Waals surface area contributed by atoms with Crippen molar-refractivity contribution in [3.63, 3.8) is 0 Å². The van der Waals surface area contributed by atoms with Crippen LogP contribution in [0.4, 0.5) is 11.4 Å². The molecule has 1 saturated carbocycles. The van der Waals surface area contributed by atoms with Crippen LogP contribution in [0.3, 0.4) is 0 Å². The quantitative estimate of drug-likeness (QED) is 0.514. The first-order chi connectivity index (χ1) is 15.6. The Morgan fingerprint density at radius 1 is 1.00 bits per heavy atom. The van der Waals surface area contributed by atoms with Crippen molar-refractivity contribution in [2.75, 3.05) is 24.1 Å². The van der Waals surface area contributed by atoms with Gasteiger partial charge >= 0.3 is 0 Å². The first-order valence-electron chi connectivity index (χ1n) is 11.7. The van der Waals surface area contributed by atoms with Crippen molar-refractivity contribution in [2.45, 2.75) is 44.4 Å². The highest BCUT2D eigenvalue weighted by Gasteiger charge is 2.31. The van der Waals surface area contributed by atoms with E-state index in [0.29, 0.717) is 23.1 Å². The SMILES string of the molecule is Nc1cccc(C(=O)Nc2ccc3[nH]cc(C4CCN(C(=O)C5CCCC5)CC4)c3c2)c1. The van der Waals surface area contributed by atoms with Crippen molar-refractivity contribution in [2.24, 2.45) is 5.92 Å². The maximum Gasteiger partial charge on any atom is 0.255 e. The van der Waals surface area contributed by atoms with Crippen molar-refractivity contribution in [1.29, 1.82) is 0 Å². The van der Waals surface area contributed by atoms with Gasteiger partial charge in [-0.1, -0.05) is 18.9 Å². The number of hydrogen-bond acceptors (Lipinski definition) is 3. The monoisotopic (exact) mass is 430 g/mol. The first kappa shape index (κ1) is 20.6. The summed E-state index contributed by atoms with van der Waals surface area (Å²) in [6.45, 7) is 1.66. The van der Waals surface area contributed by atoms with Crippen LogP contribution in [-0.2, 0) is 4.79 Å². The molecular weight excluding hydrogens is 400 g/mol. The number of hydrogen-bond donors (Lipinski definition) is 3. The molecule has 2 fully saturated rings. The van der Waals surface area contributed by atoms with Gasteiger partial charge in [0, 0.05) is 53.0 Å². The summed E-state index contributed by atoms with van der Waals surface area (Å²) in [5, 5.41) is 4.12. The number of nitrogens with one attached hydrogen (secondary N) is 2. The minimum absolute atomic E-state index is 0.174. The highest BCUT2D eigenvalue weighted by atomic mass is 16.2. The number of nitrogens with zero attached hydrogens (tertiary/aromatic N) is 1. The topological polar surface area (TPSA) is 91.2 Å². The molecule has 4 N–H and O–H groups in total. The van der Waals surface area contributed by atoms with Crippen molar-refractivity contribution in [3.05, 3.63) is 59.8 Å². The zero-order chi connectivity index (χ0) is 22.1. The Kier molecular flexibility index (Phi) is 5.60. The molecule has 0 unspecified atom stereocenters. The van der Waals surface area contributed by atoms with E-state index in [0.717, 1.165) is 55.4 Å². The molecule has 6 heteroatoms. The van der Waals surface area contributed by atoms with E-state index >= 15 is 0 Å². The molecule has 0 radical (unpaired) electrons. The number of aromatic amines is 1. The molecule has 3 aromatic rings. The third-order valence-electron chi connectivity index (χ3n) is 7.07. The van der Waals surface area contributed by atoms with Gasteiger partial charge in [0.25, 0.3) is 5.91 Å². The van der Waals surface area contributed by atoms with E-state index in [1.807, 2.05) is 18.2 Å². The number of anilines is 2. The van der Waals surface area contributed by atoms with E-state index in [4.69, 9.17) is 5.73 Å². The molecule has 0 atom stereocenters. The average molecular weight is 431 g/mol. The molecule has 166 valence electrons. The summed E-state index contributed by atoms with van der Waals surface area (Å²) in [6.07, 6.45) is 8.55. The number of carbonyl (C=O) groups excluding carboxylic acids is 2. The van der Waals surface area contributed by atoms with Crippen LogP contribution in [-0.4, -0.2) is 34.8 Å². The molecule has 1 aliphatic carbocycles. The molecule has 5 rings (SSSR count). The molecule has 6 nitrogen and oxygen atoms in total. The van der Waals surface area contributed by atoms with E-state index < -0.39 is 0 Å². The van der Waals surface area contributed by atoms with Gasteiger partial charge in [-0.05, 0) is 73.6 Å². The highest BCUT2D eigenvalue weighted by molar-refractivity contribution is 6.05. The molecule has 1 saturated heterocycles. The Bertz CT molecular complexity index is 1140. The summed E-state index contributed by atoms with van der Waals surface area (Å²) < 4.78 is 0. The van der Waals surface area contributed by atoms with Crippen LogP contribution < -0.4 is 11.1 Å². The van der Waals surface area contributed by atoms with Crippen LogP contribution in [0.15, 0.2) is 48.7 Å². The summed E-state index contributed by atoms with van der Waals surface area (Å²) in [4.78, 5) is 30.8. The first-order valence-corrected chi connectivity index (χ1v) is 11.7. The molecule has 2 heterocycles. The fourth-order valence-electron chi connectivity index (χ4n) is 5.28. The molecule has 2 amide bonds. The lowest BCUT2D eigenvalue weighted by molar-refractivity contribution is -0.136. The minimum atomic E-state index is -0.174. The Labute approximate surface area is 188 Å². The Morgan fingerprint density at radius 3 is 2.53 bits per heavy atom. The summed E-state index contributed by atoms with van der Waals surface area (Å²) in [5.74, 6) is 0.862. The Morgan fingerprint density at radius 2 is 1.78 bits per heavy atom. The van der Waals surface area contributed by atoms with Crippen LogP contribution in [0.1, 0.15) is 60.4 Å². The normalized spacial score (nSPS) is 17.7. The number of H-pyrrole nitrogens is 1. The van der Waals surface area contributed by atoms with Crippen LogP contribution in [0, 0.1) is 5.92 Å². The number of carbonyl (C=O) groups is 2. The third kappa shape index (κ3) is 4.09. The van der Waals surface area contributed by atoms with Crippen molar-refractivity contribution >= 4 is 34.1 Å². The van der Waals surface area contributed by atoms with E-state index in [-0.39, 0.29) is 11.8 Å². The van der Waals surface area contributed by atoms with Gasteiger partial charge in [-0.25, -0.2) is 0 Å². The number of rotatable bonds is 4. The Balaban J connectivity index is 1.29. The smallest absolute Gasteiger partial charge is 0.255 e. The summed E-state index contributed by atoms with van der Waals surface area (Å²) in [5.41, 5.74) is 10.0. The fraction of sp³-hybridized carbons (Fsp3) is 0.385. The number of amides is 2. The van der Waals surface area contributed by atoms with Crippen molar-refractivity contribution < 1.29 is 9.59 Å². The predicted molar refractivity (Wildman–Crippen MR) is 128 cm³/mol. The summed E-state index contributed by atoms with van der Waals surface area (Å²) in [7, 11) is 0. The van der Waals surface area contributed by atoms with Gasteiger partial charge < -0.3 is 20.9 Å². The number of fused-ring (bicyclic) bond motifs is 1. The minimum Gasteiger partial charge on any atom is -0.399 e. The number of nitrogens with two attached hydrogens (primary N) is 1. The molecule has 2 aromatic carbocycles. The Hall–Kier alpha value is -3.28. The van der Waals surface area contributed by atoms with Gasteiger partial charge in [0.2, 0.25) is 5.91 Å². The standard InChI is InChI=1S/C26H30N4O2/c27-20-7-3-6-19(14-20)25(31)29-21-8-9-24-22(15-21)23(16-28-24)17-10-12-30(13-11-17)26(32)18-4-1-2-5-18/h3,6-9,14-18,28H,1-2,4-5,10-13,27H2,(H,29,31). The van der Waals surface area contributed by atoms with E-state index in [1.54, 1.807) is 24.3 Å². The predicted octanol–water partition coefficient (Wildman–Crippen LogP) is 4.90. The maximum absolute atomic E-state index is 12.8. The molecule has 32 heavy (non-hydrogen) atoms. The molecular formula is C26H30N4O2. The van der Waals surface area contributed by atoms with Crippen LogP contribution in [0.5, 0.6) is 0 Å². The second-order valence-electron chi connectivity index (χ2n) is 9.16. The number of aromatic nitrogens is 1. The van der Waals surface area contributed by atoms with Gasteiger partial charge in [-0.15, -0.1) is 0 Å². The summed E-state index contributed by atoms with van der Waals surface area (Å²) >= 11 is 0. The molecule has 0 spiro atoms. The van der Waals surface area contributed by atoms with E-state index in [9.17, 15) is 9.59 Å². The van der Waals surface area contributed by atoms with Crippen LogP contribution in [0.2, 0.25) is 0 Å². The zero-order valence-electron chi connectivity index (χ0n) is 18.3. The highest BCUT2D eigenvalue weighted by Crippen LogP contribution is 2.36. The van der Waals surface area contributed by atoms with Gasteiger partial charge in [0.1, 0.15) is 0 Å². The number of likely N-dealkylation sites (tertiary alicyclic amines) is 1. The van der Waals surface area contributed by atoms with Gasteiger partial charge in [-0.2, -0.15) is 0 Å². The third-order valence-corrected chi connectivity index (χ3v) is 7.07. The van der Waals surface area contributed by atoms with Crippen LogP contribution >= 0.6 is 0 Å². The van der Waals surface area contributed by atoms with Gasteiger partial charge in [0.15, 0.2) is 0 Å². The number of nitrogen functional groups attached to an aromatic ring is 1. The average Bonchev–Trinajstić information content (AvgIpc) is 3.49. The lowest BCUT2D eigenvalue weighted by atomic mass is 9.88. The second kappa shape index (κ2) is 8.69. The largest absolute Gasteiger partial charge is 0.399 e. The lowest BCUT2D eigenvalue weighted by Gasteiger charge is -2.33. The van der Waals surface area contributed by atoms with Crippen molar-refractivity contribution in [3.8, 4) is 0 Å². The molecule has 1 aromatic heterocycles. The fourth-order valence-corrected chi connectivity index (χ4v) is 5.28. The maximum atomic E-state index is 12.8. The second-order valence-corrected chi connectivity index (χ2v) is 9.16. The molecule has 2 aliphatic rings.